The number of halogens is 2. The number of likely N-dealkylation sites (tertiary alicyclic amines) is 1. The summed E-state index contributed by atoms with van der Waals surface area (Å²) < 4.78 is 20.1. The summed E-state index contributed by atoms with van der Waals surface area (Å²) in [5, 5.41) is 10.3. The van der Waals surface area contributed by atoms with E-state index in [4.69, 9.17) is 26.3 Å². The molecule has 0 saturated carbocycles. The van der Waals surface area contributed by atoms with Gasteiger partial charge in [-0.1, -0.05) is 56.6 Å². The average molecular weight is 597 g/mol. The molecule has 2 aliphatic heterocycles. The third-order valence-electron chi connectivity index (χ3n) is 8.45. The molecule has 1 amide bonds. The molecule has 2 aliphatic rings. The molecule has 2 unspecified atom stereocenters. The van der Waals surface area contributed by atoms with E-state index >= 15 is 0 Å². The fourth-order valence-corrected chi connectivity index (χ4v) is 6.24. The van der Waals surface area contributed by atoms with Crippen molar-refractivity contribution < 1.29 is 13.9 Å². The molecule has 1 aromatic heterocycles. The Hall–Kier alpha value is -3.22. The zero-order valence-electron chi connectivity index (χ0n) is 25.0. The van der Waals surface area contributed by atoms with Gasteiger partial charge in [0.1, 0.15) is 12.4 Å². The first-order valence-corrected chi connectivity index (χ1v) is 15.4. The van der Waals surface area contributed by atoms with Crippen LogP contribution in [0.15, 0.2) is 36.7 Å². The third-order valence-corrected chi connectivity index (χ3v) is 8.82. The van der Waals surface area contributed by atoms with E-state index in [9.17, 15) is 14.4 Å². The second-order valence-electron chi connectivity index (χ2n) is 11.4. The SMILES string of the molecule is C=C(F)C(=O)N1CCN(c2nc(OCC3CCCN3C)nc([C@H](C)CCc3ccccc3Cl)c2CCC)CC1CC#N. The summed E-state index contributed by atoms with van der Waals surface area (Å²) in [6.07, 6.45) is 5.63. The lowest BCUT2D eigenvalue weighted by Gasteiger charge is -2.41. The fourth-order valence-electron chi connectivity index (χ4n) is 6.01. The van der Waals surface area contributed by atoms with Crippen LogP contribution in [0.4, 0.5) is 10.2 Å². The first-order valence-electron chi connectivity index (χ1n) is 15.0. The van der Waals surface area contributed by atoms with Crippen molar-refractivity contribution >= 4 is 23.3 Å². The molecule has 0 spiro atoms. The van der Waals surface area contributed by atoms with Crippen LogP contribution < -0.4 is 9.64 Å². The van der Waals surface area contributed by atoms with Crippen LogP contribution in [0.25, 0.3) is 0 Å². The number of aryl methyl sites for hydroxylation is 1. The molecule has 0 aliphatic carbocycles. The van der Waals surface area contributed by atoms with Gasteiger partial charge in [-0.2, -0.15) is 15.2 Å². The molecule has 3 heterocycles. The zero-order valence-corrected chi connectivity index (χ0v) is 25.7. The Morgan fingerprint density at radius 3 is 2.69 bits per heavy atom. The van der Waals surface area contributed by atoms with Gasteiger partial charge in [0.2, 0.25) is 0 Å². The van der Waals surface area contributed by atoms with Crippen molar-refractivity contribution in [2.75, 3.05) is 44.7 Å². The van der Waals surface area contributed by atoms with Crippen LogP contribution in [0.3, 0.4) is 0 Å². The number of hydrogen-bond donors (Lipinski definition) is 0. The van der Waals surface area contributed by atoms with Crippen LogP contribution in [-0.2, 0) is 17.6 Å². The van der Waals surface area contributed by atoms with Crippen molar-refractivity contribution in [1.82, 2.24) is 19.8 Å². The number of piperazine rings is 1. The van der Waals surface area contributed by atoms with Gasteiger partial charge in [-0.15, -0.1) is 0 Å². The van der Waals surface area contributed by atoms with Crippen LogP contribution >= 0.6 is 11.6 Å². The predicted molar refractivity (Wildman–Crippen MR) is 164 cm³/mol. The number of benzene rings is 1. The molecular formula is C32H42ClFN6O2. The number of nitriles is 1. The molecule has 8 nitrogen and oxygen atoms in total. The van der Waals surface area contributed by atoms with Crippen LogP contribution in [0.1, 0.15) is 68.7 Å². The number of hydrogen-bond acceptors (Lipinski definition) is 7. The molecular weight excluding hydrogens is 555 g/mol. The molecule has 0 bridgehead atoms. The quantitative estimate of drug-likeness (QED) is 0.290. The molecule has 2 fully saturated rings. The highest BCUT2D eigenvalue weighted by atomic mass is 35.5. The first kappa shape index (κ1) is 31.7. The number of likely N-dealkylation sites (N-methyl/N-ethyl adjacent to an activating group) is 1. The molecule has 0 N–H and O–H groups in total. The minimum Gasteiger partial charge on any atom is -0.462 e. The van der Waals surface area contributed by atoms with Gasteiger partial charge in [0.15, 0.2) is 5.83 Å². The Labute approximate surface area is 254 Å². The molecule has 0 radical (unpaired) electrons. The molecule has 42 heavy (non-hydrogen) atoms. The van der Waals surface area contributed by atoms with Crippen molar-refractivity contribution in [2.45, 2.75) is 76.8 Å². The van der Waals surface area contributed by atoms with E-state index in [-0.39, 0.29) is 18.9 Å². The Balaban J connectivity index is 1.67. The largest absolute Gasteiger partial charge is 0.462 e. The fraction of sp³-hybridized carbons (Fsp3) is 0.562. The maximum Gasteiger partial charge on any atom is 0.318 e. The number of ether oxygens (including phenoxy) is 1. The van der Waals surface area contributed by atoms with Gasteiger partial charge in [0, 0.05) is 36.3 Å². The summed E-state index contributed by atoms with van der Waals surface area (Å²) >= 11 is 6.46. The number of amides is 1. The van der Waals surface area contributed by atoms with Gasteiger partial charge in [0.05, 0.1) is 24.2 Å². The van der Waals surface area contributed by atoms with E-state index in [0.717, 1.165) is 72.7 Å². The van der Waals surface area contributed by atoms with Gasteiger partial charge >= 0.3 is 6.01 Å². The van der Waals surface area contributed by atoms with Crippen LogP contribution in [0.5, 0.6) is 6.01 Å². The van der Waals surface area contributed by atoms with E-state index in [1.807, 2.05) is 18.2 Å². The molecule has 10 heteroatoms. The highest BCUT2D eigenvalue weighted by Crippen LogP contribution is 2.34. The molecule has 2 saturated heterocycles. The summed E-state index contributed by atoms with van der Waals surface area (Å²) in [7, 11) is 2.11. The monoisotopic (exact) mass is 596 g/mol. The van der Waals surface area contributed by atoms with E-state index in [1.54, 1.807) is 0 Å². The maximum absolute atomic E-state index is 13.8. The third kappa shape index (κ3) is 7.59. The van der Waals surface area contributed by atoms with Gasteiger partial charge in [0.25, 0.3) is 5.91 Å². The summed E-state index contributed by atoms with van der Waals surface area (Å²) in [4.78, 5) is 28.3. The highest BCUT2D eigenvalue weighted by Gasteiger charge is 2.34. The predicted octanol–water partition coefficient (Wildman–Crippen LogP) is 5.71. The van der Waals surface area contributed by atoms with Crippen molar-refractivity contribution in [1.29, 1.82) is 5.26 Å². The molecule has 226 valence electrons. The van der Waals surface area contributed by atoms with Gasteiger partial charge in [-0.25, -0.2) is 4.39 Å². The number of aromatic nitrogens is 2. The summed E-state index contributed by atoms with van der Waals surface area (Å²) in [5.74, 6) is -0.892. The first-order chi connectivity index (χ1) is 20.2. The van der Waals surface area contributed by atoms with Crippen LogP contribution in [0, 0.1) is 11.3 Å². The van der Waals surface area contributed by atoms with Gasteiger partial charge < -0.3 is 19.4 Å². The topological polar surface area (TPSA) is 85.6 Å². The number of rotatable bonds is 12. The highest BCUT2D eigenvalue weighted by molar-refractivity contribution is 6.31. The van der Waals surface area contributed by atoms with Gasteiger partial charge in [-0.3, -0.25) is 4.79 Å². The maximum atomic E-state index is 13.8. The number of carbonyl (C=O) groups is 1. The van der Waals surface area contributed by atoms with Crippen LogP contribution in [-0.4, -0.2) is 77.6 Å². The van der Waals surface area contributed by atoms with Gasteiger partial charge in [-0.05, 0) is 63.2 Å². The van der Waals surface area contributed by atoms with E-state index < -0.39 is 17.8 Å². The lowest BCUT2D eigenvalue weighted by atomic mass is 9.93. The van der Waals surface area contributed by atoms with Crippen molar-refractivity contribution in [3.63, 3.8) is 0 Å². The minimum absolute atomic E-state index is 0.0855. The standard InChI is InChI=1S/C32H42ClFN6O2/c1-5-9-27-29(22(2)13-14-24-10-6-7-12-28(24)33)36-32(42-21-26-11-8-17-38(26)4)37-30(27)39-18-19-40(31(41)23(3)34)25(20-39)15-16-35/h6-7,10,12,22,25-26H,3,5,8-9,11,13-15,17-21H2,1-2,4H3/t22-,25?,26?/m1/s1. The van der Waals surface area contributed by atoms with Crippen molar-refractivity contribution in [3.05, 3.63) is 58.5 Å². The lowest BCUT2D eigenvalue weighted by Crippen LogP contribution is -2.55. The lowest BCUT2D eigenvalue weighted by molar-refractivity contribution is -0.131. The number of anilines is 1. The van der Waals surface area contributed by atoms with E-state index in [0.29, 0.717) is 31.7 Å². The number of nitrogens with zero attached hydrogens (tertiary/aromatic N) is 6. The zero-order chi connectivity index (χ0) is 30.2. The second kappa shape index (κ2) is 14.8. The molecule has 3 atom stereocenters. The Bertz CT molecular complexity index is 1300. The van der Waals surface area contributed by atoms with Crippen molar-refractivity contribution in [3.8, 4) is 12.1 Å². The van der Waals surface area contributed by atoms with Crippen molar-refractivity contribution in [2.24, 2.45) is 0 Å². The number of carbonyl (C=O) groups excluding carboxylic acids is 1. The van der Waals surface area contributed by atoms with E-state index in [1.165, 1.54) is 4.90 Å². The Kier molecular flexibility index (Phi) is 11.2. The summed E-state index contributed by atoms with van der Waals surface area (Å²) in [5.41, 5.74) is 3.11. The van der Waals surface area contributed by atoms with Crippen LogP contribution in [0.2, 0.25) is 5.02 Å². The smallest absolute Gasteiger partial charge is 0.318 e. The molecule has 2 aromatic rings. The summed E-state index contributed by atoms with van der Waals surface area (Å²) in [6.45, 7) is 10.1. The average Bonchev–Trinajstić information content (AvgIpc) is 3.40. The summed E-state index contributed by atoms with van der Waals surface area (Å²) in [6, 6.07) is 10.3. The molecule has 1 aromatic carbocycles. The molecule has 4 rings (SSSR count). The minimum atomic E-state index is -1.01. The second-order valence-corrected chi connectivity index (χ2v) is 11.8. The Morgan fingerprint density at radius 1 is 1.24 bits per heavy atom. The normalized spacial score (nSPS) is 19.9. The Morgan fingerprint density at radius 2 is 2.02 bits per heavy atom. The van der Waals surface area contributed by atoms with E-state index in [2.05, 4.69) is 49.4 Å².